The predicted octanol–water partition coefficient (Wildman–Crippen LogP) is 1.10. The van der Waals surface area contributed by atoms with E-state index < -0.39 is 22.9 Å². The lowest BCUT2D eigenvalue weighted by Crippen LogP contribution is -2.34. The number of fused-ring (bicyclic) bond motifs is 1. The van der Waals surface area contributed by atoms with E-state index in [0.717, 1.165) is 0 Å². The van der Waals surface area contributed by atoms with Crippen molar-refractivity contribution in [1.82, 2.24) is 9.97 Å². The van der Waals surface area contributed by atoms with Crippen molar-refractivity contribution in [2.45, 2.75) is 19.4 Å². The van der Waals surface area contributed by atoms with Crippen LogP contribution in [-0.4, -0.2) is 46.6 Å². The number of H-pyrrole nitrogens is 1. The van der Waals surface area contributed by atoms with E-state index in [4.69, 9.17) is 4.74 Å². The van der Waals surface area contributed by atoms with E-state index in [9.17, 15) is 19.7 Å². The standard InChI is InChI=1S/C14H15N3O6/c1-3-23-13(18)11(17(20)21)6-8-9-7-15-5-4-10(9)16-12(8)14(19)22-2/h4-5,7,11,16H,3,6H2,1-2H3. The predicted molar refractivity (Wildman–Crippen MR) is 78.6 cm³/mol. The lowest BCUT2D eigenvalue weighted by atomic mass is 10.0. The van der Waals surface area contributed by atoms with Gasteiger partial charge in [-0.1, -0.05) is 0 Å². The van der Waals surface area contributed by atoms with Gasteiger partial charge in [0.1, 0.15) is 5.69 Å². The van der Waals surface area contributed by atoms with Crippen LogP contribution >= 0.6 is 0 Å². The second-order valence-electron chi connectivity index (χ2n) is 4.65. The normalized spacial score (nSPS) is 11.9. The van der Waals surface area contributed by atoms with Crippen LogP contribution in [0.3, 0.4) is 0 Å². The number of carbonyl (C=O) groups is 2. The number of rotatable bonds is 6. The maximum atomic E-state index is 11.9. The summed E-state index contributed by atoms with van der Waals surface area (Å²) < 4.78 is 9.41. The number of aromatic nitrogens is 2. The molecule has 2 heterocycles. The summed E-state index contributed by atoms with van der Waals surface area (Å²) in [4.78, 5) is 40.9. The monoisotopic (exact) mass is 321 g/mol. The van der Waals surface area contributed by atoms with Gasteiger partial charge in [-0.2, -0.15) is 0 Å². The Morgan fingerprint density at radius 2 is 2.22 bits per heavy atom. The number of methoxy groups -OCH3 is 1. The first-order valence-corrected chi connectivity index (χ1v) is 6.82. The number of nitrogens with zero attached hydrogens (tertiary/aromatic N) is 2. The third kappa shape index (κ3) is 3.28. The van der Waals surface area contributed by atoms with Crippen LogP contribution in [0, 0.1) is 10.1 Å². The van der Waals surface area contributed by atoms with Gasteiger partial charge in [-0.15, -0.1) is 0 Å². The number of aromatic amines is 1. The number of ether oxygens (including phenoxy) is 2. The van der Waals surface area contributed by atoms with Crippen LogP contribution in [0.5, 0.6) is 0 Å². The quantitative estimate of drug-likeness (QED) is 0.480. The summed E-state index contributed by atoms with van der Waals surface area (Å²) in [6.07, 6.45) is 2.68. The molecular formula is C14H15N3O6. The van der Waals surface area contributed by atoms with E-state index in [2.05, 4.69) is 14.7 Å². The molecule has 2 aromatic heterocycles. The van der Waals surface area contributed by atoms with E-state index in [1.165, 1.54) is 19.5 Å². The molecule has 0 saturated heterocycles. The molecule has 9 nitrogen and oxygen atoms in total. The van der Waals surface area contributed by atoms with Crippen LogP contribution in [0.25, 0.3) is 10.9 Å². The average molecular weight is 321 g/mol. The van der Waals surface area contributed by atoms with E-state index in [0.29, 0.717) is 16.5 Å². The number of pyridine rings is 1. The van der Waals surface area contributed by atoms with Crippen molar-refractivity contribution in [3.05, 3.63) is 39.8 Å². The lowest BCUT2D eigenvalue weighted by Gasteiger charge is -2.09. The highest BCUT2D eigenvalue weighted by Crippen LogP contribution is 2.24. The Morgan fingerprint density at radius 3 is 2.83 bits per heavy atom. The Labute approximate surface area is 130 Å². The molecule has 0 fully saturated rings. The summed E-state index contributed by atoms with van der Waals surface area (Å²) in [6.45, 7) is 1.59. The van der Waals surface area contributed by atoms with Crippen molar-refractivity contribution in [3.8, 4) is 0 Å². The Morgan fingerprint density at radius 1 is 1.48 bits per heavy atom. The van der Waals surface area contributed by atoms with Crippen LogP contribution in [0.4, 0.5) is 0 Å². The first-order chi connectivity index (χ1) is 11.0. The summed E-state index contributed by atoms with van der Waals surface area (Å²) in [5.74, 6) is -1.63. The number of hydrogen-bond acceptors (Lipinski definition) is 7. The fraction of sp³-hybridized carbons (Fsp3) is 0.357. The molecule has 0 saturated carbocycles. The van der Waals surface area contributed by atoms with Gasteiger partial charge >= 0.3 is 18.0 Å². The van der Waals surface area contributed by atoms with Crippen LogP contribution in [0.1, 0.15) is 23.0 Å². The minimum atomic E-state index is -1.61. The van der Waals surface area contributed by atoms with Gasteiger partial charge in [-0.05, 0) is 13.0 Å². The molecule has 1 N–H and O–H groups in total. The molecule has 9 heteroatoms. The van der Waals surface area contributed by atoms with Gasteiger partial charge < -0.3 is 14.5 Å². The van der Waals surface area contributed by atoms with Gasteiger partial charge in [-0.3, -0.25) is 15.1 Å². The van der Waals surface area contributed by atoms with Gasteiger partial charge in [0.05, 0.1) is 20.1 Å². The van der Waals surface area contributed by atoms with Crippen molar-refractivity contribution >= 4 is 22.8 Å². The maximum Gasteiger partial charge on any atom is 0.382 e. The van der Waals surface area contributed by atoms with Crippen LogP contribution < -0.4 is 0 Å². The minimum Gasteiger partial charge on any atom is -0.464 e. The molecule has 1 atom stereocenters. The second kappa shape index (κ2) is 6.86. The highest BCUT2D eigenvalue weighted by Gasteiger charge is 2.34. The van der Waals surface area contributed by atoms with Crippen molar-refractivity contribution in [3.63, 3.8) is 0 Å². The summed E-state index contributed by atoms with van der Waals surface area (Å²) >= 11 is 0. The fourth-order valence-electron chi connectivity index (χ4n) is 2.25. The summed E-state index contributed by atoms with van der Waals surface area (Å²) in [6, 6.07) is 0.00846. The van der Waals surface area contributed by atoms with Gasteiger partial charge in [0.15, 0.2) is 0 Å². The molecule has 2 aromatic rings. The highest BCUT2D eigenvalue weighted by atomic mass is 16.6. The third-order valence-electron chi connectivity index (χ3n) is 3.31. The number of nitro groups is 1. The zero-order chi connectivity index (χ0) is 17.0. The smallest absolute Gasteiger partial charge is 0.382 e. The molecule has 122 valence electrons. The van der Waals surface area contributed by atoms with Crippen molar-refractivity contribution in [2.24, 2.45) is 0 Å². The summed E-state index contributed by atoms with van der Waals surface area (Å²) in [5, 5.41) is 11.7. The number of esters is 2. The maximum absolute atomic E-state index is 11.9. The average Bonchev–Trinajstić information content (AvgIpc) is 2.90. The largest absolute Gasteiger partial charge is 0.464 e. The summed E-state index contributed by atoms with van der Waals surface area (Å²) in [5.41, 5.74) is 0.933. The SMILES string of the molecule is CCOC(=O)C(Cc1c(C(=O)OC)[nH]c2ccncc12)[N+](=O)[O-]. The van der Waals surface area contributed by atoms with E-state index in [1.807, 2.05) is 0 Å². The molecule has 0 radical (unpaired) electrons. The second-order valence-corrected chi connectivity index (χ2v) is 4.65. The Bertz CT molecular complexity index is 754. The highest BCUT2D eigenvalue weighted by molar-refractivity contribution is 5.98. The Kier molecular flexibility index (Phi) is 4.89. The van der Waals surface area contributed by atoms with Gasteiger partial charge in [0.25, 0.3) is 0 Å². The van der Waals surface area contributed by atoms with Gasteiger partial charge in [0.2, 0.25) is 0 Å². The number of carbonyl (C=O) groups excluding carboxylic acids is 2. The van der Waals surface area contributed by atoms with Crippen LogP contribution in [0.15, 0.2) is 18.5 Å². The van der Waals surface area contributed by atoms with Gasteiger partial charge in [-0.25, -0.2) is 9.59 Å². The van der Waals surface area contributed by atoms with Crippen molar-refractivity contribution in [2.75, 3.05) is 13.7 Å². The molecule has 0 aliphatic heterocycles. The molecule has 1 unspecified atom stereocenters. The molecule has 0 aliphatic rings. The Balaban J connectivity index is 2.49. The van der Waals surface area contributed by atoms with Crippen molar-refractivity contribution in [1.29, 1.82) is 0 Å². The molecular weight excluding hydrogens is 306 g/mol. The number of nitrogens with one attached hydrogen (secondary N) is 1. The molecule has 0 aliphatic carbocycles. The third-order valence-corrected chi connectivity index (χ3v) is 3.31. The zero-order valence-electron chi connectivity index (χ0n) is 12.6. The zero-order valence-corrected chi connectivity index (χ0v) is 12.6. The summed E-state index contributed by atoms with van der Waals surface area (Å²) in [7, 11) is 1.20. The fourth-order valence-corrected chi connectivity index (χ4v) is 2.25. The van der Waals surface area contributed by atoms with Crippen molar-refractivity contribution < 1.29 is 24.0 Å². The molecule has 23 heavy (non-hydrogen) atoms. The lowest BCUT2D eigenvalue weighted by molar-refractivity contribution is -0.510. The topological polar surface area (TPSA) is 124 Å². The molecule has 0 spiro atoms. The van der Waals surface area contributed by atoms with E-state index in [1.54, 1.807) is 13.0 Å². The first-order valence-electron chi connectivity index (χ1n) is 6.82. The number of hydrogen-bond donors (Lipinski definition) is 1. The minimum absolute atomic E-state index is 0.0302. The van der Waals surface area contributed by atoms with E-state index >= 15 is 0 Å². The molecule has 0 bridgehead atoms. The van der Waals surface area contributed by atoms with Crippen LogP contribution in [-0.2, 0) is 20.7 Å². The molecule has 0 aromatic carbocycles. The molecule has 0 amide bonds. The van der Waals surface area contributed by atoms with Crippen LogP contribution in [0.2, 0.25) is 0 Å². The Hall–Kier alpha value is -2.97. The first kappa shape index (κ1) is 16.4. The molecule has 2 rings (SSSR count). The van der Waals surface area contributed by atoms with Gasteiger partial charge in [0, 0.05) is 33.8 Å². The van der Waals surface area contributed by atoms with E-state index in [-0.39, 0.29) is 18.7 Å².